The Balaban J connectivity index is 2.38. The molecule has 0 saturated carbocycles. The van der Waals surface area contributed by atoms with E-state index in [1.807, 2.05) is 0 Å². The molecule has 0 radical (unpaired) electrons. The highest BCUT2D eigenvalue weighted by Crippen LogP contribution is 2.30. The van der Waals surface area contributed by atoms with Gasteiger partial charge >= 0.3 is 0 Å². The molecule has 2 aromatic rings. The quantitative estimate of drug-likeness (QED) is 0.859. The minimum absolute atomic E-state index is 0.192. The van der Waals surface area contributed by atoms with Gasteiger partial charge < -0.3 is 5.32 Å². The molecule has 2 rings (SSSR count). The molecule has 0 saturated heterocycles. The van der Waals surface area contributed by atoms with Crippen LogP contribution in [0.15, 0.2) is 12.1 Å². The average Bonchev–Trinajstić information content (AvgIpc) is 2.60. The van der Waals surface area contributed by atoms with E-state index in [9.17, 15) is 9.18 Å². The van der Waals surface area contributed by atoms with Crippen molar-refractivity contribution in [3.05, 3.63) is 23.0 Å². The fraction of sp³-hybridized carbons (Fsp3) is 0.200. The molecule has 1 aromatic carbocycles. The number of nitrogens with one attached hydrogen (secondary N) is 1. The van der Waals surface area contributed by atoms with Crippen molar-refractivity contribution in [3.8, 4) is 0 Å². The van der Waals surface area contributed by atoms with Crippen LogP contribution in [0.2, 0.25) is 5.02 Å². The second-order valence-electron chi connectivity index (χ2n) is 3.36. The number of benzene rings is 1. The van der Waals surface area contributed by atoms with Gasteiger partial charge in [-0.25, -0.2) is 9.37 Å². The van der Waals surface area contributed by atoms with E-state index in [1.165, 1.54) is 6.07 Å². The maximum absolute atomic E-state index is 13.5. The van der Waals surface area contributed by atoms with E-state index in [0.29, 0.717) is 14.9 Å². The highest BCUT2D eigenvalue weighted by atomic mass is 35.5. The van der Waals surface area contributed by atoms with Gasteiger partial charge in [-0.2, -0.15) is 0 Å². The van der Waals surface area contributed by atoms with Gasteiger partial charge in [0.05, 0.1) is 4.70 Å². The van der Waals surface area contributed by atoms with Crippen LogP contribution in [0.4, 0.5) is 9.52 Å². The van der Waals surface area contributed by atoms with Crippen molar-refractivity contribution in [1.29, 1.82) is 0 Å². The topological polar surface area (TPSA) is 42.0 Å². The molecule has 0 fully saturated rings. The molecule has 1 heterocycles. The molecule has 3 nitrogen and oxygen atoms in total. The van der Waals surface area contributed by atoms with Gasteiger partial charge in [0, 0.05) is 5.02 Å². The van der Waals surface area contributed by atoms with Crippen LogP contribution in [0.3, 0.4) is 0 Å². The summed E-state index contributed by atoms with van der Waals surface area (Å²) >= 11 is 12.5. The SMILES string of the molecule is CC(Cl)C(=O)Nc1nc2c(F)cc(Cl)cc2s1. The van der Waals surface area contributed by atoms with Gasteiger partial charge in [0.1, 0.15) is 10.9 Å². The summed E-state index contributed by atoms with van der Waals surface area (Å²) in [5, 5.41) is 2.43. The molecular weight excluding hydrogens is 286 g/mol. The van der Waals surface area contributed by atoms with Crippen LogP contribution in [0.25, 0.3) is 10.2 Å². The first-order valence-electron chi connectivity index (χ1n) is 4.68. The summed E-state index contributed by atoms with van der Waals surface area (Å²) in [6.45, 7) is 1.54. The first-order valence-corrected chi connectivity index (χ1v) is 6.31. The number of thiazole rings is 1. The van der Waals surface area contributed by atoms with Crippen molar-refractivity contribution in [1.82, 2.24) is 4.98 Å². The summed E-state index contributed by atoms with van der Waals surface area (Å²) in [7, 11) is 0. The number of hydrogen-bond acceptors (Lipinski definition) is 3. The van der Waals surface area contributed by atoms with Crippen LogP contribution in [-0.2, 0) is 4.79 Å². The minimum atomic E-state index is -0.671. The van der Waals surface area contributed by atoms with Crippen molar-refractivity contribution in [3.63, 3.8) is 0 Å². The fourth-order valence-corrected chi connectivity index (χ4v) is 2.46. The number of anilines is 1. The lowest BCUT2D eigenvalue weighted by Gasteiger charge is -2.01. The zero-order valence-corrected chi connectivity index (χ0v) is 11.0. The lowest BCUT2D eigenvalue weighted by atomic mass is 10.3. The summed E-state index contributed by atoms with van der Waals surface area (Å²) < 4.78 is 14.1. The van der Waals surface area contributed by atoms with Gasteiger partial charge in [-0.15, -0.1) is 11.6 Å². The number of carbonyl (C=O) groups excluding carboxylic acids is 1. The smallest absolute Gasteiger partial charge is 0.243 e. The van der Waals surface area contributed by atoms with Crippen LogP contribution >= 0.6 is 34.5 Å². The largest absolute Gasteiger partial charge is 0.301 e. The maximum Gasteiger partial charge on any atom is 0.243 e. The molecule has 0 spiro atoms. The first kappa shape index (κ1) is 12.5. The first-order chi connectivity index (χ1) is 7.97. The Hall–Kier alpha value is -0.910. The van der Waals surface area contributed by atoms with E-state index in [0.717, 1.165) is 11.3 Å². The van der Waals surface area contributed by atoms with Gasteiger partial charge in [0.2, 0.25) is 5.91 Å². The molecule has 1 N–H and O–H groups in total. The van der Waals surface area contributed by atoms with Crippen LogP contribution < -0.4 is 5.32 Å². The van der Waals surface area contributed by atoms with Gasteiger partial charge in [-0.1, -0.05) is 22.9 Å². The molecule has 0 aliphatic rings. The molecule has 1 atom stereocenters. The third-order valence-electron chi connectivity index (χ3n) is 2.00. The van der Waals surface area contributed by atoms with E-state index in [-0.39, 0.29) is 11.4 Å². The van der Waals surface area contributed by atoms with E-state index in [1.54, 1.807) is 13.0 Å². The summed E-state index contributed by atoms with van der Waals surface area (Å²) in [5.74, 6) is -0.889. The Morgan fingerprint density at radius 3 is 2.94 bits per heavy atom. The van der Waals surface area contributed by atoms with Crippen molar-refractivity contribution >= 4 is 55.8 Å². The number of hydrogen-bond donors (Lipinski definition) is 1. The van der Waals surface area contributed by atoms with E-state index in [2.05, 4.69) is 10.3 Å². The molecule has 1 aromatic heterocycles. The summed E-state index contributed by atoms with van der Waals surface area (Å²) in [4.78, 5) is 15.3. The average molecular weight is 293 g/mol. The normalized spacial score (nSPS) is 12.7. The van der Waals surface area contributed by atoms with Gasteiger partial charge in [-0.05, 0) is 19.1 Å². The second kappa shape index (κ2) is 4.76. The Bertz CT molecular complexity index is 585. The van der Waals surface area contributed by atoms with Crippen molar-refractivity contribution < 1.29 is 9.18 Å². The predicted octanol–water partition coefficient (Wildman–Crippen LogP) is 3.65. The van der Waals surface area contributed by atoms with Crippen LogP contribution in [0, 0.1) is 5.82 Å². The fourth-order valence-electron chi connectivity index (χ4n) is 1.22. The van der Waals surface area contributed by atoms with Crippen molar-refractivity contribution in [2.75, 3.05) is 5.32 Å². The lowest BCUT2D eigenvalue weighted by Crippen LogP contribution is -2.20. The summed E-state index contributed by atoms with van der Waals surface area (Å²) in [5.41, 5.74) is 0.192. The molecule has 0 aliphatic heterocycles. The van der Waals surface area contributed by atoms with Gasteiger partial charge in [0.25, 0.3) is 0 Å². The number of halogens is 3. The second-order valence-corrected chi connectivity index (χ2v) is 5.48. The van der Waals surface area contributed by atoms with Gasteiger partial charge in [0.15, 0.2) is 10.9 Å². The number of amides is 1. The van der Waals surface area contributed by atoms with Crippen LogP contribution in [0.1, 0.15) is 6.92 Å². The number of aromatic nitrogens is 1. The van der Waals surface area contributed by atoms with Crippen LogP contribution in [-0.4, -0.2) is 16.3 Å². The Kier molecular flexibility index (Phi) is 3.51. The number of carbonyl (C=O) groups is 1. The Morgan fingerprint density at radius 2 is 2.29 bits per heavy atom. The Labute approximate surface area is 111 Å². The standard InChI is InChI=1S/C10H7Cl2FN2OS/c1-4(11)9(16)15-10-14-8-6(13)2-5(12)3-7(8)17-10/h2-4H,1H3,(H,14,15,16). The third-order valence-corrected chi connectivity index (χ3v) is 3.34. The summed E-state index contributed by atoms with van der Waals surface area (Å²) in [6, 6.07) is 2.77. The number of nitrogens with zero attached hydrogens (tertiary/aromatic N) is 1. The van der Waals surface area contributed by atoms with E-state index >= 15 is 0 Å². The molecular formula is C10H7Cl2FN2OS. The zero-order valence-electron chi connectivity index (χ0n) is 8.63. The van der Waals surface area contributed by atoms with E-state index in [4.69, 9.17) is 23.2 Å². The van der Waals surface area contributed by atoms with Gasteiger partial charge in [-0.3, -0.25) is 4.79 Å². The highest BCUT2D eigenvalue weighted by molar-refractivity contribution is 7.22. The predicted molar refractivity (Wildman–Crippen MR) is 68.5 cm³/mol. The molecule has 0 bridgehead atoms. The highest BCUT2D eigenvalue weighted by Gasteiger charge is 2.14. The third kappa shape index (κ3) is 2.68. The Morgan fingerprint density at radius 1 is 1.59 bits per heavy atom. The zero-order chi connectivity index (χ0) is 12.6. The number of fused-ring (bicyclic) bond motifs is 1. The molecule has 1 unspecified atom stereocenters. The maximum atomic E-state index is 13.5. The molecule has 0 aliphatic carbocycles. The molecule has 17 heavy (non-hydrogen) atoms. The lowest BCUT2D eigenvalue weighted by molar-refractivity contribution is -0.115. The number of rotatable bonds is 2. The summed E-state index contributed by atoms with van der Waals surface area (Å²) in [6.07, 6.45) is 0. The van der Waals surface area contributed by atoms with Crippen molar-refractivity contribution in [2.45, 2.75) is 12.3 Å². The molecule has 90 valence electrons. The van der Waals surface area contributed by atoms with E-state index < -0.39 is 11.2 Å². The monoisotopic (exact) mass is 292 g/mol. The van der Waals surface area contributed by atoms with Crippen molar-refractivity contribution in [2.24, 2.45) is 0 Å². The number of alkyl halides is 1. The minimum Gasteiger partial charge on any atom is -0.301 e. The van der Waals surface area contributed by atoms with Crippen LogP contribution in [0.5, 0.6) is 0 Å². The molecule has 7 heteroatoms. The molecule has 1 amide bonds.